The van der Waals surface area contributed by atoms with Crippen molar-refractivity contribution in [2.75, 3.05) is 0 Å². The van der Waals surface area contributed by atoms with Crippen molar-refractivity contribution in [2.24, 2.45) is 0 Å². The predicted molar refractivity (Wildman–Crippen MR) is 170 cm³/mol. The second-order valence-electron chi connectivity index (χ2n) is 11.8. The number of nitrogens with zero attached hydrogens (tertiary/aromatic N) is 7. The number of aromatic nitrogens is 7. The van der Waals surface area contributed by atoms with Gasteiger partial charge in [0.2, 0.25) is 0 Å². The van der Waals surface area contributed by atoms with E-state index in [1.807, 2.05) is 76.7 Å². The first-order valence-corrected chi connectivity index (χ1v) is 15.8. The Morgan fingerprint density at radius 1 is 0.622 bits per heavy atom. The number of hydrogen-bond acceptors (Lipinski definition) is 3. The molecule has 7 nitrogen and oxygen atoms in total. The minimum atomic E-state index is 0. The maximum atomic E-state index is 4.95. The molecular weight excluding hydrogens is 735 g/mol. The molecule has 0 aliphatic heterocycles. The zero-order valence-electron chi connectivity index (χ0n) is 25.5. The van der Waals surface area contributed by atoms with Gasteiger partial charge in [0.1, 0.15) is 0 Å². The van der Waals surface area contributed by atoms with Crippen LogP contribution in [0.15, 0.2) is 85.7 Å². The molecule has 0 radical (unpaired) electrons. The van der Waals surface area contributed by atoms with Gasteiger partial charge in [0.25, 0.3) is 0 Å². The van der Waals surface area contributed by atoms with Gasteiger partial charge in [-0.25, -0.2) is 0 Å². The van der Waals surface area contributed by atoms with E-state index in [1.54, 1.807) is 0 Å². The molecule has 230 valence electrons. The molecule has 45 heavy (non-hydrogen) atoms. The molecule has 0 fully saturated rings. The molecule has 2 aliphatic rings. The topological polar surface area (TPSA) is 58.4 Å². The second-order valence-corrected chi connectivity index (χ2v) is 11.8. The summed E-state index contributed by atoms with van der Waals surface area (Å²) in [4.78, 5) is 4.95. The van der Waals surface area contributed by atoms with Crippen LogP contribution in [0.4, 0.5) is 0 Å². The molecular formula is C37H38IrN7. The first-order chi connectivity index (χ1) is 21.8. The SMILES string of the molecule is [Ir+3].[c-]1c(Cn2cccn2)cc2c(c1Cn1cccn1)CCCC2.[c-]1cccn1Cc1cc2c(c(Cn3[c-]ccc3)n1)CCCC2. The molecule has 1 aromatic carbocycles. The fourth-order valence-corrected chi connectivity index (χ4v) is 6.59. The number of fused-ring (bicyclic) bond motifs is 2. The van der Waals surface area contributed by atoms with Crippen LogP contribution in [0.1, 0.15) is 70.5 Å². The van der Waals surface area contributed by atoms with Crippen LogP contribution < -0.4 is 0 Å². The average molecular weight is 773 g/mol. The summed E-state index contributed by atoms with van der Waals surface area (Å²) >= 11 is 0. The molecule has 0 saturated carbocycles. The standard InChI is InChI=1S/C19H19N3.C18H19N4.Ir/c1-2-8-18-16(7-1)13-17(14-21-9-3-4-10-21)20-19(18)15-22-11-5-6-12-22;1-2-6-18-16(5-1)11-15(13-21-9-3-7-19-21)12-17(18)14-22-10-4-8-20-22;/h3-6,9,11,13H,1-2,7-8,14-15H2;3-4,7-11H,1-2,5-6,13-14H2;/q-2;-1;+3. The molecule has 0 spiro atoms. The van der Waals surface area contributed by atoms with Crippen molar-refractivity contribution in [1.82, 2.24) is 33.7 Å². The van der Waals surface area contributed by atoms with Gasteiger partial charge in [0.15, 0.2) is 0 Å². The molecule has 8 rings (SSSR count). The molecule has 2 aliphatic carbocycles. The van der Waals surface area contributed by atoms with Crippen molar-refractivity contribution >= 4 is 0 Å². The summed E-state index contributed by atoms with van der Waals surface area (Å²) in [6, 6.07) is 20.1. The summed E-state index contributed by atoms with van der Waals surface area (Å²) in [5, 5.41) is 8.65. The molecule has 0 unspecified atom stereocenters. The monoisotopic (exact) mass is 773 g/mol. The Balaban J connectivity index is 0.000000155. The summed E-state index contributed by atoms with van der Waals surface area (Å²) in [7, 11) is 0. The Hall–Kier alpha value is -4.00. The first kappa shape index (κ1) is 31.0. The van der Waals surface area contributed by atoms with Crippen LogP contribution in [0.2, 0.25) is 0 Å². The Morgan fingerprint density at radius 2 is 1.24 bits per heavy atom. The van der Waals surface area contributed by atoms with Crippen molar-refractivity contribution in [3.8, 4) is 0 Å². The Bertz CT molecular complexity index is 1620. The predicted octanol–water partition coefficient (Wildman–Crippen LogP) is 6.11. The van der Waals surface area contributed by atoms with E-state index in [1.165, 1.54) is 84.0 Å². The van der Waals surface area contributed by atoms with Gasteiger partial charge in [-0.15, -0.1) is 41.5 Å². The van der Waals surface area contributed by atoms with E-state index in [4.69, 9.17) is 4.98 Å². The molecule has 5 aromatic heterocycles. The molecule has 6 aromatic rings. The zero-order chi connectivity index (χ0) is 29.6. The molecule has 0 saturated heterocycles. The third kappa shape index (κ3) is 7.81. The van der Waals surface area contributed by atoms with Crippen LogP contribution >= 0.6 is 0 Å². The summed E-state index contributed by atoms with van der Waals surface area (Å²) in [6.07, 6.45) is 28.0. The summed E-state index contributed by atoms with van der Waals surface area (Å²) in [5.74, 6) is 0. The number of benzene rings is 1. The minimum Gasteiger partial charge on any atom is -0.466 e. The first-order valence-electron chi connectivity index (χ1n) is 15.8. The minimum absolute atomic E-state index is 0. The molecule has 0 bridgehead atoms. The third-order valence-electron chi connectivity index (χ3n) is 8.64. The second kappa shape index (κ2) is 14.9. The van der Waals surface area contributed by atoms with E-state index in [-0.39, 0.29) is 20.1 Å². The number of hydrogen-bond donors (Lipinski definition) is 0. The van der Waals surface area contributed by atoms with E-state index >= 15 is 0 Å². The molecule has 8 heteroatoms. The molecule has 5 heterocycles. The van der Waals surface area contributed by atoms with Gasteiger partial charge in [-0.3, -0.25) is 14.3 Å². The molecule has 0 N–H and O–H groups in total. The molecule has 0 atom stereocenters. The molecule has 0 amide bonds. The van der Waals surface area contributed by atoms with Gasteiger partial charge in [-0.1, -0.05) is 25.7 Å². The van der Waals surface area contributed by atoms with Crippen molar-refractivity contribution in [2.45, 2.75) is 77.5 Å². The van der Waals surface area contributed by atoms with Crippen molar-refractivity contribution < 1.29 is 20.1 Å². The quantitative estimate of drug-likeness (QED) is 0.176. The van der Waals surface area contributed by atoms with Gasteiger partial charge >= 0.3 is 20.1 Å². The Kier molecular flexibility index (Phi) is 10.2. The van der Waals surface area contributed by atoms with E-state index in [0.29, 0.717) is 0 Å². The van der Waals surface area contributed by atoms with Crippen LogP contribution in [-0.2, 0) is 72.0 Å². The maximum Gasteiger partial charge on any atom is 3.00 e. The van der Waals surface area contributed by atoms with Crippen molar-refractivity contribution in [3.05, 3.63) is 149 Å². The fraction of sp³-hybridized carbons (Fsp3) is 0.324. The van der Waals surface area contributed by atoms with Crippen LogP contribution in [0.25, 0.3) is 0 Å². The van der Waals surface area contributed by atoms with Crippen molar-refractivity contribution in [3.63, 3.8) is 0 Å². The zero-order valence-corrected chi connectivity index (χ0v) is 27.9. The van der Waals surface area contributed by atoms with Crippen LogP contribution in [0, 0.1) is 18.5 Å². The number of aryl methyl sites for hydroxylation is 2. The maximum absolute atomic E-state index is 4.95. The van der Waals surface area contributed by atoms with E-state index in [2.05, 4.69) is 56.1 Å². The number of pyridine rings is 1. The Morgan fingerprint density at radius 3 is 1.89 bits per heavy atom. The van der Waals surface area contributed by atoms with Gasteiger partial charge < -0.3 is 9.13 Å². The Labute approximate surface area is 279 Å². The van der Waals surface area contributed by atoms with E-state index < -0.39 is 0 Å². The summed E-state index contributed by atoms with van der Waals surface area (Å²) < 4.78 is 8.09. The summed E-state index contributed by atoms with van der Waals surface area (Å²) in [6.45, 7) is 3.20. The van der Waals surface area contributed by atoms with E-state index in [0.717, 1.165) is 38.3 Å². The third-order valence-corrected chi connectivity index (χ3v) is 8.64. The summed E-state index contributed by atoms with van der Waals surface area (Å²) in [5.41, 5.74) is 10.8. The largest absolute Gasteiger partial charge is 3.00 e. The number of rotatable bonds is 8. The average Bonchev–Trinajstić information content (AvgIpc) is 3.88. The van der Waals surface area contributed by atoms with Gasteiger partial charge in [-0.05, 0) is 55.0 Å². The van der Waals surface area contributed by atoms with Crippen LogP contribution in [0.3, 0.4) is 0 Å². The fourth-order valence-electron chi connectivity index (χ4n) is 6.59. The van der Waals surface area contributed by atoms with E-state index in [9.17, 15) is 0 Å². The van der Waals surface area contributed by atoms with Crippen LogP contribution in [0.5, 0.6) is 0 Å². The van der Waals surface area contributed by atoms with Gasteiger partial charge in [-0.2, -0.15) is 52.2 Å². The normalized spacial score (nSPS) is 13.7. The van der Waals surface area contributed by atoms with Crippen LogP contribution in [-0.4, -0.2) is 33.7 Å². The van der Waals surface area contributed by atoms with Gasteiger partial charge in [0, 0.05) is 51.0 Å². The van der Waals surface area contributed by atoms with Gasteiger partial charge in [0.05, 0.1) is 11.4 Å². The smallest absolute Gasteiger partial charge is 0.466 e. The van der Waals surface area contributed by atoms with Crippen molar-refractivity contribution in [1.29, 1.82) is 0 Å².